The first kappa shape index (κ1) is 26.7. The molecule has 9 nitrogen and oxygen atoms in total. The predicted octanol–water partition coefficient (Wildman–Crippen LogP) is 5.00. The number of benzene rings is 3. The minimum Gasteiger partial charge on any atom is -0.508 e. The maximum Gasteiger partial charge on any atom is 0.412 e. The molecule has 0 aromatic heterocycles. The van der Waals surface area contributed by atoms with Crippen molar-refractivity contribution in [2.75, 3.05) is 5.32 Å². The standard InChI is InChI=1S/C26H23IN2O7/c1-16(30)17-7-10-19(11-8-17)28-26(33)36-25(21-15-18(27)9-12-22(21)31)23(13-14-24(32)29-34)35-20-5-3-2-4-6-20/h2-15,23,25,31,34H,1H3,(H,28,33)(H,29,32)/b14-13+/t23-,25-/m0/s1. The van der Waals surface area contributed by atoms with Crippen molar-refractivity contribution in [3.63, 3.8) is 0 Å². The highest BCUT2D eigenvalue weighted by Crippen LogP contribution is 2.34. The third kappa shape index (κ3) is 7.55. The summed E-state index contributed by atoms with van der Waals surface area (Å²) in [6.07, 6.45) is -0.834. The van der Waals surface area contributed by atoms with E-state index in [2.05, 4.69) is 27.9 Å². The van der Waals surface area contributed by atoms with Crippen molar-refractivity contribution in [2.45, 2.75) is 19.1 Å². The van der Waals surface area contributed by atoms with Crippen molar-refractivity contribution < 1.29 is 34.2 Å². The Morgan fingerprint density at radius 1 is 1.00 bits per heavy atom. The Balaban J connectivity index is 1.95. The predicted molar refractivity (Wildman–Crippen MR) is 140 cm³/mol. The zero-order valence-corrected chi connectivity index (χ0v) is 21.2. The lowest BCUT2D eigenvalue weighted by Crippen LogP contribution is -2.30. The highest BCUT2D eigenvalue weighted by atomic mass is 127. The van der Waals surface area contributed by atoms with Gasteiger partial charge in [0.1, 0.15) is 11.5 Å². The fraction of sp³-hybridized carbons (Fsp3) is 0.115. The lowest BCUT2D eigenvalue weighted by Gasteiger charge is -2.27. The Morgan fingerprint density at radius 3 is 2.33 bits per heavy atom. The number of carbonyl (C=O) groups is 3. The summed E-state index contributed by atoms with van der Waals surface area (Å²) in [6.45, 7) is 1.44. The van der Waals surface area contributed by atoms with Crippen molar-refractivity contribution in [3.8, 4) is 11.5 Å². The summed E-state index contributed by atoms with van der Waals surface area (Å²) in [5.74, 6) is -0.675. The monoisotopic (exact) mass is 602 g/mol. The Morgan fingerprint density at radius 2 is 1.69 bits per heavy atom. The number of nitrogens with one attached hydrogen (secondary N) is 2. The molecule has 36 heavy (non-hydrogen) atoms. The number of anilines is 1. The molecule has 0 aliphatic rings. The fourth-order valence-electron chi connectivity index (χ4n) is 3.19. The Hall–Kier alpha value is -3.90. The summed E-state index contributed by atoms with van der Waals surface area (Å²) < 4.78 is 12.5. The quantitative estimate of drug-likeness (QED) is 0.0891. The molecule has 0 unspecified atom stereocenters. The lowest BCUT2D eigenvalue weighted by molar-refractivity contribution is -0.124. The van der Waals surface area contributed by atoms with E-state index in [1.54, 1.807) is 66.7 Å². The smallest absolute Gasteiger partial charge is 0.412 e. The van der Waals surface area contributed by atoms with Gasteiger partial charge in [-0.25, -0.2) is 10.3 Å². The number of phenolic OH excluding ortho intramolecular Hbond substituents is 1. The lowest BCUT2D eigenvalue weighted by atomic mass is 10.0. The van der Waals surface area contributed by atoms with E-state index in [9.17, 15) is 19.5 Å². The molecule has 0 aliphatic heterocycles. The molecule has 4 N–H and O–H groups in total. The molecule has 3 aromatic carbocycles. The highest BCUT2D eigenvalue weighted by Gasteiger charge is 2.30. The molecule has 2 amide bonds. The molecule has 3 rings (SSSR count). The minimum atomic E-state index is -1.21. The third-order valence-corrected chi connectivity index (χ3v) is 5.60. The molecule has 10 heteroatoms. The molecule has 0 bridgehead atoms. The maximum absolute atomic E-state index is 12.9. The van der Waals surface area contributed by atoms with Gasteiger partial charge in [-0.3, -0.25) is 20.1 Å². The molecular formula is C26H23IN2O7. The summed E-state index contributed by atoms with van der Waals surface area (Å²) in [4.78, 5) is 36.1. The highest BCUT2D eigenvalue weighted by molar-refractivity contribution is 14.1. The number of rotatable bonds is 9. The molecule has 0 heterocycles. The number of halogens is 1. The van der Waals surface area contributed by atoms with Crippen LogP contribution in [0, 0.1) is 3.57 Å². The summed E-state index contributed by atoms with van der Waals surface area (Å²) in [6, 6.07) is 19.6. The van der Waals surface area contributed by atoms with E-state index in [-0.39, 0.29) is 17.1 Å². The van der Waals surface area contributed by atoms with Crippen LogP contribution < -0.4 is 15.5 Å². The van der Waals surface area contributed by atoms with E-state index >= 15 is 0 Å². The number of ketones is 1. The van der Waals surface area contributed by atoms with Crippen LogP contribution in [0.3, 0.4) is 0 Å². The van der Waals surface area contributed by atoms with Crippen molar-refractivity contribution in [1.82, 2.24) is 5.48 Å². The van der Waals surface area contributed by atoms with E-state index in [1.165, 1.54) is 24.5 Å². The van der Waals surface area contributed by atoms with Crippen LogP contribution in [0.5, 0.6) is 11.5 Å². The SMILES string of the molecule is CC(=O)c1ccc(NC(=O)O[C@@H](c2cc(I)ccc2O)[C@H](/C=C/C(=O)NO)Oc2ccccc2)cc1. The van der Waals surface area contributed by atoms with Crippen LogP contribution in [-0.4, -0.2) is 34.2 Å². The summed E-state index contributed by atoms with van der Waals surface area (Å²) >= 11 is 2.05. The maximum atomic E-state index is 12.9. The Labute approximate surface area is 220 Å². The van der Waals surface area contributed by atoms with Crippen LogP contribution in [0.25, 0.3) is 0 Å². The van der Waals surface area contributed by atoms with Gasteiger partial charge in [-0.1, -0.05) is 18.2 Å². The largest absolute Gasteiger partial charge is 0.508 e. The summed E-state index contributed by atoms with van der Waals surface area (Å²) in [5, 5.41) is 22.1. The van der Waals surface area contributed by atoms with Crippen LogP contribution >= 0.6 is 22.6 Å². The normalized spacial score (nSPS) is 12.4. The molecule has 3 aromatic rings. The molecule has 2 atom stereocenters. The van der Waals surface area contributed by atoms with Gasteiger partial charge in [-0.2, -0.15) is 0 Å². The number of carbonyl (C=O) groups excluding carboxylic acids is 3. The topological polar surface area (TPSA) is 134 Å². The molecule has 0 saturated heterocycles. The van der Waals surface area contributed by atoms with E-state index in [0.29, 0.717) is 17.0 Å². The van der Waals surface area contributed by atoms with Gasteiger partial charge in [0.2, 0.25) is 0 Å². The molecule has 186 valence electrons. The molecular weight excluding hydrogens is 579 g/mol. The number of Topliss-reactive ketones (excluding diaryl/α,β-unsaturated/α-hetero) is 1. The summed E-state index contributed by atoms with van der Waals surface area (Å²) in [7, 11) is 0. The van der Waals surface area contributed by atoms with E-state index < -0.39 is 24.2 Å². The number of hydroxylamine groups is 1. The fourth-order valence-corrected chi connectivity index (χ4v) is 3.70. The van der Waals surface area contributed by atoms with Crippen molar-refractivity contribution in [1.29, 1.82) is 0 Å². The van der Waals surface area contributed by atoms with Gasteiger partial charge >= 0.3 is 6.09 Å². The van der Waals surface area contributed by atoms with Gasteiger partial charge in [-0.15, -0.1) is 0 Å². The van der Waals surface area contributed by atoms with Crippen molar-refractivity contribution in [2.24, 2.45) is 0 Å². The van der Waals surface area contributed by atoms with Crippen molar-refractivity contribution >= 4 is 46.1 Å². The average molecular weight is 602 g/mol. The Bertz CT molecular complexity index is 1250. The van der Waals surface area contributed by atoms with E-state index in [1.807, 2.05) is 0 Å². The van der Waals surface area contributed by atoms with Gasteiger partial charge in [0.05, 0.1) is 0 Å². The van der Waals surface area contributed by atoms with Gasteiger partial charge in [-0.05, 0) is 90.2 Å². The number of ether oxygens (including phenoxy) is 2. The summed E-state index contributed by atoms with van der Waals surface area (Å²) in [5.41, 5.74) is 2.59. The molecule has 0 spiro atoms. The van der Waals surface area contributed by atoms with Crippen LogP contribution in [0.1, 0.15) is 28.9 Å². The first-order valence-corrected chi connectivity index (χ1v) is 11.8. The second-order valence-electron chi connectivity index (χ2n) is 7.52. The number of amides is 2. The minimum absolute atomic E-state index is 0.113. The first-order valence-electron chi connectivity index (χ1n) is 10.7. The number of phenols is 1. The van der Waals surface area contributed by atoms with Gasteiger partial charge in [0.25, 0.3) is 5.91 Å². The average Bonchev–Trinajstić information content (AvgIpc) is 2.87. The van der Waals surface area contributed by atoms with Gasteiger partial charge in [0.15, 0.2) is 18.0 Å². The van der Waals surface area contributed by atoms with E-state index in [4.69, 9.17) is 14.7 Å². The van der Waals surface area contributed by atoms with Crippen LogP contribution in [-0.2, 0) is 9.53 Å². The number of para-hydroxylation sites is 1. The van der Waals surface area contributed by atoms with Gasteiger partial charge < -0.3 is 14.6 Å². The molecule has 0 fully saturated rings. The number of hydrogen-bond donors (Lipinski definition) is 4. The van der Waals surface area contributed by atoms with E-state index in [0.717, 1.165) is 9.65 Å². The van der Waals surface area contributed by atoms with Gasteiger partial charge in [0, 0.05) is 26.5 Å². The Kier molecular flexibility index (Phi) is 9.42. The number of aromatic hydroxyl groups is 1. The van der Waals surface area contributed by atoms with Crippen LogP contribution in [0.15, 0.2) is 84.9 Å². The second kappa shape index (κ2) is 12.7. The van der Waals surface area contributed by atoms with Crippen LogP contribution in [0.4, 0.5) is 10.5 Å². The van der Waals surface area contributed by atoms with Crippen molar-refractivity contribution in [3.05, 3.63) is 99.6 Å². The second-order valence-corrected chi connectivity index (χ2v) is 8.76. The zero-order valence-electron chi connectivity index (χ0n) is 19.1. The molecule has 0 saturated carbocycles. The van der Waals surface area contributed by atoms with Crippen LogP contribution in [0.2, 0.25) is 0 Å². The molecule has 0 radical (unpaired) electrons. The zero-order chi connectivity index (χ0) is 26.1. The molecule has 0 aliphatic carbocycles. The first-order chi connectivity index (χ1) is 17.3. The number of hydrogen-bond acceptors (Lipinski definition) is 7. The third-order valence-electron chi connectivity index (χ3n) is 4.93.